The third-order valence-corrected chi connectivity index (χ3v) is 4.72. The minimum atomic E-state index is -0.343. The number of aromatic nitrogens is 3. The molecule has 1 amide bonds. The monoisotopic (exact) mass is 407 g/mol. The van der Waals surface area contributed by atoms with Crippen LogP contribution in [0.15, 0.2) is 101 Å². The summed E-state index contributed by atoms with van der Waals surface area (Å²) in [7, 11) is 0. The number of amides is 1. The van der Waals surface area contributed by atoms with E-state index in [-0.39, 0.29) is 5.91 Å². The van der Waals surface area contributed by atoms with Crippen LogP contribution < -0.4 is 5.43 Å². The molecule has 0 aliphatic carbocycles. The molecule has 31 heavy (non-hydrogen) atoms. The van der Waals surface area contributed by atoms with Gasteiger partial charge in [0.05, 0.1) is 17.5 Å². The van der Waals surface area contributed by atoms with E-state index in [1.807, 2.05) is 66.9 Å². The fraction of sp³-hybridized carbons (Fsp3) is 0. The van der Waals surface area contributed by atoms with Crippen LogP contribution in [0.2, 0.25) is 0 Å². The van der Waals surface area contributed by atoms with Crippen molar-refractivity contribution in [2.45, 2.75) is 0 Å². The highest BCUT2D eigenvalue weighted by molar-refractivity contribution is 5.95. The maximum atomic E-state index is 12.2. The number of pyridine rings is 1. The van der Waals surface area contributed by atoms with E-state index < -0.39 is 0 Å². The average Bonchev–Trinajstić information content (AvgIpc) is 3.44. The predicted octanol–water partition coefficient (Wildman–Crippen LogP) is 4.44. The fourth-order valence-corrected chi connectivity index (χ4v) is 3.21. The molecule has 5 aromatic rings. The third-order valence-electron chi connectivity index (χ3n) is 4.72. The highest BCUT2D eigenvalue weighted by Crippen LogP contribution is 2.29. The summed E-state index contributed by atoms with van der Waals surface area (Å²) in [5.41, 5.74) is 5.96. The molecule has 0 aliphatic rings. The van der Waals surface area contributed by atoms with Gasteiger partial charge in [-0.1, -0.05) is 36.4 Å². The summed E-state index contributed by atoms with van der Waals surface area (Å²) in [6.45, 7) is 0. The van der Waals surface area contributed by atoms with E-state index in [9.17, 15) is 4.79 Å². The van der Waals surface area contributed by atoms with Crippen LogP contribution >= 0.6 is 0 Å². The first-order valence-electron chi connectivity index (χ1n) is 9.65. The zero-order valence-electron chi connectivity index (χ0n) is 16.3. The zero-order valence-corrected chi connectivity index (χ0v) is 16.3. The first-order valence-corrected chi connectivity index (χ1v) is 9.65. The Kier molecular flexibility index (Phi) is 4.82. The fourth-order valence-electron chi connectivity index (χ4n) is 3.21. The molecule has 2 aromatic carbocycles. The maximum absolute atomic E-state index is 12.2. The summed E-state index contributed by atoms with van der Waals surface area (Å²) in [6.07, 6.45) is 6.50. The van der Waals surface area contributed by atoms with Gasteiger partial charge in [-0.05, 0) is 36.4 Å². The van der Waals surface area contributed by atoms with Crippen LogP contribution in [0.4, 0.5) is 0 Å². The number of carbonyl (C=O) groups is 1. The number of nitrogens with zero attached hydrogens (tertiary/aromatic N) is 4. The van der Waals surface area contributed by atoms with Crippen LogP contribution in [-0.2, 0) is 0 Å². The molecular formula is C24H17N5O2. The van der Waals surface area contributed by atoms with E-state index in [0.29, 0.717) is 22.6 Å². The van der Waals surface area contributed by atoms with Crippen LogP contribution in [0.3, 0.4) is 0 Å². The van der Waals surface area contributed by atoms with Gasteiger partial charge in [-0.3, -0.25) is 9.78 Å². The quantitative estimate of drug-likeness (QED) is 0.345. The van der Waals surface area contributed by atoms with Crippen LogP contribution in [-0.4, -0.2) is 26.9 Å². The van der Waals surface area contributed by atoms with E-state index >= 15 is 0 Å². The lowest BCUT2D eigenvalue weighted by molar-refractivity contribution is 0.0955. The minimum Gasteiger partial charge on any atom is -0.454 e. The summed E-state index contributed by atoms with van der Waals surface area (Å²) in [4.78, 5) is 16.2. The Hall–Kier alpha value is -4.52. The van der Waals surface area contributed by atoms with Gasteiger partial charge in [-0.15, -0.1) is 0 Å². The first kappa shape index (κ1) is 18.5. The summed E-state index contributed by atoms with van der Waals surface area (Å²) < 4.78 is 7.76. The van der Waals surface area contributed by atoms with Crippen LogP contribution in [0.5, 0.6) is 0 Å². The Morgan fingerprint density at radius 2 is 1.87 bits per heavy atom. The van der Waals surface area contributed by atoms with Gasteiger partial charge in [0.1, 0.15) is 11.3 Å². The molecule has 0 spiro atoms. The summed E-state index contributed by atoms with van der Waals surface area (Å²) >= 11 is 0. The van der Waals surface area contributed by atoms with Crippen LogP contribution in [0.25, 0.3) is 28.1 Å². The second-order valence-electron chi connectivity index (χ2n) is 6.80. The standard InChI is InChI=1S/C24H17N5O2/c30-24(18-8-6-12-25-14-18)27-26-15-19-16-29(20-9-2-1-3-10-20)28-23(19)22-13-17-7-4-5-11-21(17)31-22/h1-16H,(H,27,30). The highest BCUT2D eigenvalue weighted by Gasteiger charge is 2.15. The van der Waals surface area contributed by atoms with Gasteiger partial charge in [0.15, 0.2) is 5.76 Å². The number of furan rings is 1. The zero-order chi connectivity index (χ0) is 21.0. The SMILES string of the molecule is O=C(NN=Cc1cn(-c2ccccc2)nc1-c1cc2ccccc2o1)c1cccnc1. The maximum Gasteiger partial charge on any atom is 0.272 e. The van der Waals surface area contributed by atoms with Gasteiger partial charge < -0.3 is 4.42 Å². The smallest absolute Gasteiger partial charge is 0.272 e. The number of para-hydroxylation sites is 2. The van der Waals surface area contributed by atoms with E-state index in [1.54, 1.807) is 29.2 Å². The van der Waals surface area contributed by atoms with Crippen molar-refractivity contribution in [3.05, 3.63) is 103 Å². The Morgan fingerprint density at radius 1 is 1.03 bits per heavy atom. The molecule has 3 heterocycles. The number of fused-ring (bicyclic) bond motifs is 1. The van der Waals surface area contributed by atoms with Crippen molar-refractivity contribution in [3.63, 3.8) is 0 Å². The molecule has 7 nitrogen and oxygen atoms in total. The van der Waals surface area contributed by atoms with E-state index in [2.05, 4.69) is 15.5 Å². The highest BCUT2D eigenvalue weighted by atomic mass is 16.3. The predicted molar refractivity (Wildman–Crippen MR) is 118 cm³/mol. The number of carbonyl (C=O) groups excluding carboxylic acids is 1. The molecule has 0 saturated heterocycles. The number of hydrazone groups is 1. The van der Waals surface area contributed by atoms with Crippen molar-refractivity contribution < 1.29 is 9.21 Å². The topological polar surface area (TPSA) is 85.3 Å². The van der Waals surface area contributed by atoms with Gasteiger partial charge in [-0.2, -0.15) is 10.2 Å². The van der Waals surface area contributed by atoms with E-state index in [4.69, 9.17) is 9.52 Å². The van der Waals surface area contributed by atoms with Crippen molar-refractivity contribution in [1.29, 1.82) is 0 Å². The number of hydrogen-bond acceptors (Lipinski definition) is 5. The van der Waals surface area contributed by atoms with Crippen molar-refractivity contribution in [2.24, 2.45) is 5.10 Å². The molecule has 0 aliphatic heterocycles. The minimum absolute atomic E-state index is 0.343. The molecule has 0 atom stereocenters. The van der Waals surface area contributed by atoms with Gasteiger partial charge in [-0.25, -0.2) is 10.1 Å². The largest absolute Gasteiger partial charge is 0.454 e. The number of benzene rings is 2. The van der Waals surface area contributed by atoms with E-state index in [1.165, 1.54) is 6.20 Å². The van der Waals surface area contributed by atoms with Crippen molar-refractivity contribution >= 4 is 23.1 Å². The summed E-state index contributed by atoms with van der Waals surface area (Å²) in [5.74, 6) is 0.279. The Labute approximate surface area is 177 Å². The number of rotatable bonds is 5. The lowest BCUT2D eigenvalue weighted by atomic mass is 10.2. The lowest BCUT2D eigenvalue weighted by Gasteiger charge is -1.98. The van der Waals surface area contributed by atoms with Gasteiger partial charge in [0.2, 0.25) is 0 Å². The van der Waals surface area contributed by atoms with E-state index in [0.717, 1.165) is 16.7 Å². The van der Waals surface area contributed by atoms with Gasteiger partial charge in [0, 0.05) is 29.5 Å². The normalized spacial score (nSPS) is 11.2. The van der Waals surface area contributed by atoms with Gasteiger partial charge >= 0.3 is 0 Å². The molecule has 150 valence electrons. The molecule has 1 N–H and O–H groups in total. The molecule has 0 bridgehead atoms. The molecule has 0 unspecified atom stereocenters. The van der Waals surface area contributed by atoms with Crippen LogP contribution in [0.1, 0.15) is 15.9 Å². The summed E-state index contributed by atoms with van der Waals surface area (Å²) in [6, 6.07) is 22.8. The number of hydrogen-bond donors (Lipinski definition) is 1. The average molecular weight is 407 g/mol. The van der Waals surface area contributed by atoms with Crippen molar-refractivity contribution in [3.8, 4) is 17.1 Å². The molecule has 0 radical (unpaired) electrons. The molecule has 0 saturated carbocycles. The molecular weight excluding hydrogens is 390 g/mol. The molecule has 0 fully saturated rings. The second kappa shape index (κ2) is 8.08. The molecule has 3 aromatic heterocycles. The molecule has 5 rings (SSSR count). The Balaban J connectivity index is 1.50. The Morgan fingerprint density at radius 3 is 2.68 bits per heavy atom. The first-order chi connectivity index (χ1) is 15.3. The van der Waals surface area contributed by atoms with Gasteiger partial charge in [0.25, 0.3) is 5.91 Å². The summed E-state index contributed by atoms with van der Waals surface area (Å²) in [5, 5.41) is 9.81. The number of nitrogens with one attached hydrogen (secondary N) is 1. The second-order valence-corrected chi connectivity index (χ2v) is 6.80. The third kappa shape index (κ3) is 3.84. The Bertz CT molecular complexity index is 1340. The van der Waals surface area contributed by atoms with Crippen molar-refractivity contribution in [1.82, 2.24) is 20.2 Å². The van der Waals surface area contributed by atoms with Crippen molar-refractivity contribution in [2.75, 3.05) is 0 Å². The van der Waals surface area contributed by atoms with Crippen LogP contribution in [0, 0.1) is 0 Å². The molecule has 7 heteroatoms. The lowest BCUT2D eigenvalue weighted by Crippen LogP contribution is -2.17.